The van der Waals surface area contributed by atoms with Gasteiger partial charge in [-0.05, 0) is 55.7 Å². The monoisotopic (exact) mass is 471 g/mol. The van der Waals surface area contributed by atoms with Gasteiger partial charge in [0, 0.05) is 17.3 Å². The average molecular weight is 472 g/mol. The molecule has 168 valence electrons. The molecule has 0 aliphatic heterocycles. The molecule has 0 bridgehead atoms. The molecule has 1 amide bonds. The van der Waals surface area contributed by atoms with E-state index in [0.29, 0.717) is 23.5 Å². The van der Waals surface area contributed by atoms with E-state index in [4.69, 9.17) is 16.3 Å². The Bertz CT molecular complexity index is 1050. The first-order valence-corrected chi connectivity index (χ1v) is 12.1. The number of rotatable bonds is 8. The third-order valence-electron chi connectivity index (χ3n) is 5.43. The quantitative estimate of drug-likeness (QED) is 0.440. The number of amides is 1. The van der Waals surface area contributed by atoms with Gasteiger partial charge in [0.25, 0.3) is 0 Å². The molecule has 0 spiro atoms. The molecule has 4 rings (SSSR count). The Balaban J connectivity index is 1.46. The number of ether oxygens (including phenoxy) is 1. The highest BCUT2D eigenvalue weighted by Gasteiger charge is 2.24. The minimum absolute atomic E-state index is 0.124. The molecule has 0 radical (unpaired) electrons. The van der Waals surface area contributed by atoms with Gasteiger partial charge in [0.15, 0.2) is 11.0 Å². The standard InChI is InChI=1S/C23H26ClN5O2S/c1-16-13-17(24)10-11-19(16)31-14-21-27-28-23(29(21)18-7-3-2-4-8-18)32-15-22(30)26-20-9-5-6-12-25-20/h5-6,9-13,18H,2-4,7-8,14-15H2,1H3,(H,25,26,30). The first-order chi connectivity index (χ1) is 15.6. The Morgan fingerprint density at radius 1 is 1.22 bits per heavy atom. The van der Waals surface area contributed by atoms with Crippen molar-refractivity contribution in [2.45, 2.75) is 56.8 Å². The third-order valence-corrected chi connectivity index (χ3v) is 6.61. The fraction of sp³-hybridized carbons (Fsp3) is 0.391. The Morgan fingerprint density at radius 2 is 2.06 bits per heavy atom. The summed E-state index contributed by atoms with van der Waals surface area (Å²) in [6.07, 6.45) is 7.44. The number of halogens is 1. The summed E-state index contributed by atoms with van der Waals surface area (Å²) in [5.41, 5.74) is 0.974. The maximum Gasteiger partial charge on any atom is 0.236 e. The molecule has 1 saturated carbocycles. The predicted molar refractivity (Wildman–Crippen MR) is 126 cm³/mol. The Hall–Kier alpha value is -2.58. The minimum atomic E-state index is -0.124. The SMILES string of the molecule is Cc1cc(Cl)ccc1OCc1nnc(SCC(=O)Nc2ccccn2)n1C1CCCCC1. The number of hydrogen-bond donors (Lipinski definition) is 1. The summed E-state index contributed by atoms with van der Waals surface area (Å²) < 4.78 is 8.22. The van der Waals surface area contributed by atoms with Crippen LogP contribution in [0.5, 0.6) is 5.75 Å². The largest absolute Gasteiger partial charge is 0.485 e. The van der Waals surface area contributed by atoms with E-state index >= 15 is 0 Å². The minimum Gasteiger partial charge on any atom is -0.485 e. The molecule has 1 aliphatic carbocycles. The fourth-order valence-electron chi connectivity index (χ4n) is 3.87. The van der Waals surface area contributed by atoms with E-state index in [1.54, 1.807) is 12.3 Å². The number of nitrogens with zero attached hydrogens (tertiary/aromatic N) is 4. The summed E-state index contributed by atoms with van der Waals surface area (Å²) in [6.45, 7) is 2.28. The summed E-state index contributed by atoms with van der Waals surface area (Å²) in [4.78, 5) is 16.5. The number of benzene rings is 1. The zero-order valence-corrected chi connectivity index (χ0v) is 19.5. The lowest BCUT2D eigenvalue weighted by atomic mass is 9.95. The van der Waals surface area contributed by atoms with Crippen LogP contribution in [0.4, 0.5) is 5.82 Å². The highest BCUT2D eigenvalue weighted by molar-refractivity contribution is 7.99. The van der Waals surface area contributed by atoms with Crippen LogP contribution in [0, 0.1) is 6.92 Å². The number of carbonyl (C=O) groups excluding carboxylic acids is 1. The van der Waals surface area contributed by atoms with Gasteiger partial charge in [0.2, 0.25) is 5.91 Å². The second kappa shape index (κ2) is 10.8. The second-order valence-electron chi connectivity index (χ2n) is 7.81. The van der Waals surface area contributed by atoms with Gasteiger partial charge in [-0.2, -0.15) is 0 Å². The Labute approximate surface area is 196 Å². The fourth-order valence-corrected chi connectivity index (χ4v) is 4.92. The van der Waals surface area contributed by atoms with E-state index in [1.807, 2.05) is 37.3 Å². The molecule has 1 aromatic carbocycles. The van der Waals surface area contributed by atoms with Crippen molar-refractivity contribution in [3.05, 3.63) is 59.0 Å². The summed E-state index contributed by atoms with van der Waals surface area (Å²) in [5, 5.41) is 13.1. The van der Waals surface area contributed by atoms with Gasteiger partial charge in [-0.3, -0.25) is 9.36 Å². The van der Waals surface area contributed by atoms with Crippen molar-refractivity contribution < 1.29 is 9.53 Å². The van der Waals surface area contributed by atoms with Gasteiger partial charge >= 0.3 is 0 Å². The molecule has 0 atom stereocenters. The van der Waals surface area contributed by atoms with E-state index < -0.39 is 0 Å². The number of carbonyl (C=O) groups is 1. The van der Waals surface area contributed by atoms with Crippen molar-refractivity contribution >= 4 is 35.1 Å². The second-order valence-corrected chi connectivity index (χ2v) is 9.19. The van der Waals surface area contributed by atoms with E-state index in [1.165, 1.54) is 31.0 Å². The smallest absolute Gasteiger partial charge is 0.236 e. The first-order valence-electron chi connectivity index (χ1n) is 10.8. The summed E-state index contributed by atoms with van der Waals surface area (Å²) in [7, 11) is 0. The highest BCUT2D eigenvalue weighted by Crippen LogP contribution is 2.33. The first kappa shape index (κ1) is 22.6. The van der Waals surface area contributed by atoms with Crippen LogP contribution in [-0.4, -0.2) is 31.4 Å². The van der Waals surface area contributed by atoms with Crippen molar-refractivity contribution in [3.8, 4) is 5.75 Å². The van der Waals surface area contributed by atoms with Gasteiger partial charge in [0.1, 0.15) is 18.2 Å². The number of nitrogens with one attached hydrogen (secondary N) is 1. The average Bonchev–Trinajstić information content (AvgIpc) is 3.21. The number of pyridine rings is 1. The maximum absolute atomic E-state index is 12.4. The van der Waals surface area contributed by atoms with Crippen LogP contribution in [0.25, 0.3) is 0 Å². The van der Waals surface area contributed by atoms with E-state index in [0.717, 1.165) is 35.1 Å². The van der Waals surface area contributed by atoms with E-state index in [2.05, 4.69) is 25.1 Å². The van der Waals surface area contributed by atoms with Crippen LogP contribution in [0.1, 0.15) is 49.5 Å². The van der Waals surface area contributed by atoms with Gasteiger partial charge in [-0.25, -0.2) is 4.98 Å². The maximum atomic E-state index is 12.4. The molecule has 32 heavy (non-hydrogen) atoms. The molecule has 2 heterocycles. The van der Waals surface area contributed by atoms with Crippen LogP contribution in [0.2, 0.25) is 5.02 Å². The Morgan fingerprint density at radius 3 is 2.81 bits per heavy atom. The van der Waals surface area contributed by atoms with Crippen LogP contribution in [-0.2, 0) is 11.4 Å². The normalized spacial score (nSPS) is 14.3. The van der Waals surface area contributed by atoms with Gasteiger partial charge in [-0.1, -0.05) is 48.7 Å². The Kier molecular flexibility index (Phi) is 7.65. The van der Waals surface area contributed by atoms with Crippen LogP contribution >= 0.6 is 23.4 Å². The van der Waals surface area contributed by atoms with Gasteiger partial charge in [0.05, 0.1) is 5.75 Å². The van der Waals surface area contributed by atoms with Crippen molar-refractivity contribution in [2.24, 2.45) is 0 Å². The number of anilines is 1. The zero-order valence-electron chi connectivity index (χ0n) is 18.0. The van der Waals surface area contributed by atoms with Crippen molar-refractivity contribution in [1.29, 1.82) is 0 Å². The lowest BCUT2D eigenvalue weighted by Gasteiger charge is -2.25. The van der Waals surface area contributed by atoms with Crippen LogP contribution in [0.3, 0.4) is 0 Å². The number of hydrogen-bond acceptors (Lipinski definition) is 6. The number of aromatic nitrogens is 4. The molecule has 0 unspecified atom stereocenters. The molecule has 1 N–H and O–H groups in total. The summed E-state index contributed by atoms with van der Waals surface area (Å²) in [6, 6.07) is 11.3. The third kappa shape index (κ3) is 5.81. The number of aryl methyl sites for hydroxylation is 1. The van der Waals surface area contributed by atoms with Crippen molar-refractivity contribution in [3.63, 3.8) is 0 Å². The lowest BCUT2D eigenvalue weighted by molar-refractivity contribution is -0.113. The van der Waals surface area contributed by atoms with Crippen LogP contribution in [0.15, 0.2) is 47.8 Å². The molecular weight excluding hydrogens is 446 g/mol. The zero-order chi connectivity index (χ0) is 22.3. The summed E-state index contributed by atoms with van der Waals surface area (Å²) in [5.74, 6) is 2.20. The predicted octanol–water partition coefficient (Wildman–Crippen LogP) is 5.45. The highest BCUT2D eigenvalue weighted by atomic mass is 35.5. The number of thioether (sulfide) groups is 1. The molecule has 0 saturated heterocycles. The molecule has 2 aromatic heterocycles. The van der Waals surface area contributed by atoms with Gasteiger partial charge < -0.3 is 10.1 Å². The molecule has 3 aromatic rings. The van der Waals surface area contributed by atoms with E-state index in [-0.39, 0.29) is 11.7 Å². The van der Waals surface area contributed by atoms with Gasteiger partial charge in [-0.15, -0.1) is 10.2 Å². The lowest BCUT2D eigenvalue weighted by Crippen LogP contribution is -2.19. The molecule has 1 fully saturated rings. The van der Waals surface area contributed by atoms with Crippen LogP contribution < -0.4 is 10.1 Å². The molecule has 1 aliphatic rings. The molecule has 9 heteroatoms. The molecular formula is C23H26ClN5O2S. The summed E-state index contributed by atoms with van der Waals surface area (Å²) >= 11 is 7.45. The van der Waals surface area contributed by atoms with Crippen molar-refractivity contribution in [1.82, 2.24) is 19.7 Å². The molecule has 7 nitrogen and oxygen atoms in total. The van der Waals surface area contributed by atoms with Crippen molar-refractivity contribution in [2.75, 3.05) is 11.1 Å². The van der Waals surface area contributed by atoms with E-state index in [9.17, 15) is 4.79 Å². The topological polar surface area (TPSA) is 81.9 Å².